The molecule has 0 bridgehead atoms. The molecule has 0 saturated heterocycles. The first-order chi connectivity index (χ1) is 8.22. The second kappa shape index (κ2) is 5.15. The summed E-state index contributed by atoms with van der Waals surface area (Å²) in [7, 11) is 1.62. The monoisotopic (exact) mass is 237 g/mol. The second-order valence-corrected chi connectivity index (χ2v) is 4.94. The molecule has 1 aliphatic rings. The molecule has 3 heteroatoms. The molecule has 0 aliphatic heterocycles. The SMILES string of the molecule is COCc1ccc(C2(CN)CCCC2)c(F)c1. The summed E-state index contributed by atoms with van der Waals surface area (Å²) in [5.41, 5.74) is 7.41. The van der Waals surface area contributed by atoms with Gasteiger partial charge in [-0.15, -0.1) is 0 Å². The van der Waals surface area contributed by atoms with Crippen LogP contribution in [0.2, 0.25) is 0 Å². The van der Waals surface area contributed by atoms with Crippen molar-refractivity contribution in [2.24, 2.45) is 5.73 Å². The molecule has 0 radical (unpaired) electrons. The average Bonchev–Trinajstić information content (AvgIpc) is 2.79. The number of nitrogens with two attached hydrogens (primary N) is 1. The number of rotatable bonds is 4. The normalized spacial score (nSPS) is 18.5. The van der Waals surface area contributed by atoms with Crippen LogP contribution in [0.1, 0.15) is 36.8 Å². The Morgan fingerprint density at radius 3 is 2.59 bits per heavy atom. The molecule has 94 valence electrons. The molecule has 0 aromatic heterocycles. The van der Waals surface area contributed by atoms with Crippen LogP contribution in [0.25, 0.3) is 0 Å². The molecule has 0 atom stereocenters. The van der Waals surface area contributed by atoms with Crippen LogP contribution >= 0.6 is 0 Å². The Labute approximate surface area is 102 Å². The molecule has 1 saturated carbocycles. The van der Waals surface area contributed by atoms with E-state index in [9.17, 15) is 4.39 Å². The molecule has 1 aliphatic carbocycles. The number of benzene rings is 1. The maximum Gasteiger partial charge on any atom is 0.127 e. The smallest absolute Gasteiger partial charge is 0.127 e. The molecular weight excluding hydrogens is 217 g/mol. The Morgan fingerprint density at radius 2 is 2.06 bits per heavy atom. The largest absolute Gasteiger partial charge is 0.380 e. The lowest BCUT2D eigenvalue weighted by Crippen LogP contribution is -2.33. The summed E-state index contributed by atoms with van der Waals surface area (Å²) < 4.78 is 19.2. The lowest BCUT2D eigenvalue weighted by Gasteiger charge is -2.28. The van der Waals surface area contributed by atoms with Gasteiger partial charge in [-0.3, -0.25) is 0 Å². The van der Waals surface area contributed by atoms with Crippen molar-refractivity contribution in [2.75, 3.05) is 13.7 Å². The number of halogens is 1. The van der Waals surface area contributed by atoms with E-state index in [4.69, 9.17) is 10.5 Å². The van der Waals surface area contributed by atoms with Crippen molar-refractivity contribution < 1.29 is 9.13 Å². The molecule has 1 aromatic rings. The highest BCUT2D eigenvalue weighted by Crippen LogP contribution is 2.41. The van der Waals surface area contributed by atoms with Gasteiger partial charge >= 0.3 is 0 Å². The highest BCUT2D eigenvalue weighted by atomic mass is 19.1. The standard InChI is InChI=1S/C14H20FNO/c1-17-9-11-4-5-12(13(15)8-11)14(10-16)6-2-3-7-14/h4-5,8H,2-3,6-7,9-10,16H2,1H3. The summed E-state index contributed by atoms with van der Waals surface area (Å²) in [6.07, 6.45) is 4.31. The molecular formula is C14H20FNO. The van der Waals surface area contributed by atoms with Crippen LogP contribution in [0.15, 0.2) is 18.2 Å². The van der Waals surface area contributed by atoms with Crippen LogP contribution in [-0.4, -0.2) is 13.7 Å². The minimum atomic E-state index is -0.132. The Kier molecular flexibility index (Phi) is 3.79. The number of hydrogen-bond donors (Lipinski definition) is 1. The van der Waals surface area contributed by atoms with Gasteiger partial charge in [0.1, 0.15) is 5.82 Å². The van der Waals surface area contributed by atoms with Crippen LogP contribution in [0, 0.1) is 5.82 Å². The second-order valence-electron chi connectivity index (χ2n) is 4.94. The van der Waals surface area contributed by atoms with Crippen LogP contribution in [0.4, 0.5) is 4.39 Å². The maximum atomic E-state index is 14.1. The zero-order valence-corrected chi connectivity index (χ0v) is 10.3. The van der Waals surface area contributed by atoms with Gasteiger partial charge in [0.05, 0.1) is 6.61 Å². The van der Waals surface area contributed by atoms with Crippen molar-refractivity contribution in [1.29, 1.82) is 0 Å². The summed E-state index contributed by atoms with van der Waals surface area (Å²) >= 11 is 0. The first-order valence-corrected chi connectivity index (χ1v) is 6.20. The quantitative estimate of drug-likeness (QED) is 0.874. The Morgan fingerprint density at radius 1 is 1.35 bits per heavy atom. The van der Waals surface area contributed by atoms with Crippen molar-refractivity contribution in [2.45, 2.75) is 37.7 Å². The zero-order valence-electron chi connectivity index (χ0n) is 10.3. The van der Waals surface area contributed by atoms with Crippen molar-refractivity contribution >= 4 is 0 Å². The van der Waals surface area contributed by atoms with E-state index < -0.39 is 0 Å². The number of hydrogen-bond acceptors (Lipinski definition) is 2. The average molecular weight is 237 g/mol. The molecule has 1 aromatic carbocycles. The van der Waals surface area contributed by atoms with E-state index in [-0.39, 0.29) is 11.2 Å². The topological polar surface area (TPSA) is 35.2 Å². The molecule has 17 heavy (non-hydrogen) atoms. The van der Waals surface area contributed by atoms with E-state index in [0.717, 1.165) is 36.8 Å². The fraction of sp³-hybridized carbons (Fsp3) is 0.571. The van der Waals surface area contributed by atoms with Gasteiger partial charge in [0.15, 0.2) is 0 Å². The van der Waals surface area contributed by atoms with Gasteiger partial charge in [-0.25, -0.2) is 4.39 Å². The molecule has 2 N–H and O–H groups in total. The Bertz CT molecular complexity index is 386. The predicted molar refractivity (Wildman–Crippen MR) is 66.3 cm³/mol. The van der Waals surface area contributed by atoms with E-state index in [2.05, 4.69) is 0 Å². The van der Waals surface area contributed by atoms with Gasteiger partial charge in [0.2, 0.25) is 0 Å². The first kappa shape index (κ1) is 12.5. The minimum Gasteiger partial charge on any atom is -0.380 e. The van der Waals surface area contributed by atoms with Crippen LogP contribution < -0.4 is 5.73 Å². The van der Waals surface area contributed by atoms with Gasteiger partial charge < -0.3 is 10.5 Å². The molecule has 0 spiro atoms. The van der Waals surface area contributed by atoms with E-state index in [1.807, 2.05) is 12.1 Å². The van der Waals surface area contributed by atoms with Gasteiger partial charge in [-0.1, -0.05) is 25.0 Å². The number of methoxy groups -OCH3 is 1. The Balaban J connectivity index is 2.31. The third kappa shape index (κ3) is 2.35. The summed E-state index contributed by atoms with van der Waals surface area (Å²) in [6, 6.07) is 5.41. The van der Waals surface area contributed by atoms with Crippen molar-refractivity contribution in [3.8, 4) is 0 Å². The fourth-order valence-electron chi connectivity index (χ4n) is 2.88. The third-order valence-electron chi connectivity index (χ3n) is 3.87. The van der Waals surface area contributed by atoms with Gasteiger partial charge in [0.25, 0.3) is 0 Å². The summed E-state index contributed by atoms with van der Waals surface area (Å²) in [5.74, 6) is -0.132. The van der Waals surface area contributed by atoms with Crippen molar-refractivity contribution in [1.82, 2.24) is 0 Å². The zero-order chi connectivity index (χ0) is 12.3. The molecule has 0 amide bonds. The molecule has 2 rings (SSSR count). The molecule has 1 fully saturated rings. The van der Waals surface area contributed by atoms with Crippen LogP contribution in [0.5, 0.6) is 0 Å². The van der Waals surface area contributed by atoms with Gasteiger partial charge in [-0.2, -0.15) is 0 Å². The van der Waals surface area contributed by atoms with E-state index >= 15 is 0 Å². The highest BCUT2D eigenvalue weighted by Gasteiger charge is 2.36. The predicted octanol–water partition coefficient (Wildman–Crippen LogP) is 2.74. The molecule has 2 nitrogen and oxygen atoms in total. The molecule has 0 heterocycles. The van der Waals surface area contributed by atoms with E-state index in [1.165, 1.54) is 0 Å². The van der Waals surface area contributed by atoms with Crippen molar-refractivity contribution in [3.63, 3.8) is 0 Å². The first-order valence-electron chi connectivity index (χ1n) is 6.20. The van der Waals surface area contributed by atoms with E-state index in [0.29, 0.717) is 13.2 Å². The minimum absolute atomic E-state index is 0.129. The van der Waals surface area contributed by atoms with Crippen molar-refractivity contribution in [3.05, 3.63) is 35.1 Å². The van der Waals surface area contributed by atoms with Gasteiger partial charge in [0, 0.05) is 19.1 Å². The maximum absolute atomic E-state index is 14.1. The van der Waals surface area contributed by atoms with E-state index in [1.54, 1.807) is 13.2 Å². The molecule has 0 unspecified atom stereocenters. The fourth-order valence-corrected chi connectivity index (χ4v) is 2.88. The van der Waals surface area contributed by atoms with Crippen LogP contribution in [0.3, 0.4) is 0 Å². The van der Waals surface area contributed by atoms with Gasteiger partial charge in [-0.05, 0) is 30.0 Å². The summed E-state index contributed by atoms with van der Waals surface area (Å²) in [5, 5.41) is 0. The Hall–Kier alpha value is -0.930. The van der Waals surface area contributed by atoms with Crippen LogP contribution in [-0.2, 0) is 16.8 Å². The number of ether oxygens (including phenoxy) is 1. The summed E-state index contributed by atoms with van der Waals surface area (Å²) in [6.45, 7) is 0.986. The lowest BCUT2D eigenvalue weighted by molar-refractivity contribution is 0.184. The highest BCUT2D eigenvalue weighted by molar-refractivity contribution is 5.32. The summed E-state index contributed by atoms with van der Waals surface area (Å²) in [4.78, 5) is 0. The lowest BCUT2D eigenvalue weighted by atomic mass is 9.78. The third-order valence-corrected chi connectivity index (χ3v) is 3.87.